The van der Waals surface area contributed by atoms with Gasteiger partial charge in [-0.1, -0.05) is 13.8 Å². The van der Waals surface area contributed by atoms with Crippen molar-refractivity contribution in [2.24, 2.45) is 5.92 Å². The summed E-state index contributed by atoms with van der Waals surface area (Å²) in [7, 11) is 0. The van der Waals surface area contributed by atoms with Crippen molar-refractivity contribution in [3.05, 3.63) is 35.9 Å². The normalized spacial score (nSPS) is 11.1. The van der Waals surface area contributed by atoms with Gasteiger partial charge in [-0.25, -0.2) is 4.68 Å². The minimum atomic E-state index is -2.59. The summed E-state index contributed by atoms with van der Waals surface area (Å²) in [6.07, 6.45) is 3.05. The van der Waals surface area contributed by atoms with Gasteiger partial charge >= 0.3 is 6.55 Å². The second-order valence-corrected chi connectivity index (χ2v) is 5.07. The molecular weight excluding hydrogens is 300 g/mol. The maximum atomic E-state index is 12.4. The Bertz CT molecular complexity index is 538. The topological polar surface area (TPSA) is 47.7 Å². The highest BCUT2D eigenvalue weighted by Gasteiger charge is 2.08. The first-order valence-corrected chi connectivity index (χ1v) is 6.60. The van der Waals surface area contributed by atoms with E-state index in [1.165, 1.54) is 6.20 Å². The SMILES string of the molecule is CC(C)Cn1nccc1CNCc1ccn(C(F)F)n1.Cl. The first-order chi connectivity index (χ1) is 9.56. The lowest BCUT2D eigenvalue weighted by Gasteiger charge is -2.10. The van der Waals surface area contributed by atoms with Crippen LogP contribution in [0.15, 0.2) is 24.5 Å². The van der Waals surface area contributed by atoms with Gasteiger partial charge in [0.15, 0.2) is 0 Å². The zero-order valence-electron chi connectivity index (χ0n) is 12.0. The Morgan fingerprint density at radius 3 is 2.62 bits per heavy atom. The largest absolute Gasteiger partial charge is 0.333 e. The predicted octanol–water partition coefficient (Wildman–Crippen LogP) is 2.84. The molecule has 0 saturated heterocycles. The Labute approximate surface area is 128 Å². The van der Waals surface area contributed by atoms with Crippen molar-refractivity contribution in [3.63, 3.8) is 0 Å². The second-order valence-electron chi connectivity index (χ2n) is 5.07. The maximum absolute atomic E-state index is 12.4. The molecule has 2 aromatic rings. The van der Waals surface area contributed by atoms with Crippen LogP contribution in [0, 0.1) is 5.92 Å². The summed E-state index contributed by atoms with van der Waals surface area (Å²) in [6, 6.07) is 3.54. The lowest BCUT2D eigenvalue weighted by molar-refractivity contribution is 0.0561. The molecule has 8 heteroatoms. The van der Waals surface area contributed by atoms with Gasteiger partial charge in [-0.3, -0.25) is 4.68 Å². The average Bonchev–Trinajstić information content (AvgIpc) is 2.99. The quantitative estimate of drug-likeness (QED) is 0.853. The molecule has 1 N–H and O–H groups in total. The molecule has 5 nitrogen and oxygen atoms in total. The first-order valence-electron chi connectivity index (χ1n) is 6.60. The van der Waals surface area contributed by atoms with E-state index in [4.69, 9.17) is 0 Å². The minimum absolute atomic E-state index is 0. The van der Waals surface area contributed by atoms with Crippen molar-refractivity contribution in [3.8, 4) is 0 Å². The number of halogens is 3. The summed E-state index contributed by atoms with van der Waals surface area (Å²) < 4.78 is 27.3. The van der Waals surface area contributed by atoms with Crippen LogP contribution in [-0.4, -0.2) is 19.6 Å². The molecule has 2 aromatic heterocycles. The van der Waals surface area contributed by atoms with Crippen LogP contribution in [0.2, 0.25) is 0 Å². The molecule has 0 unspecified atom stereocenters. The molecule has 118 valence electrons. The van der Waals surface area contributed by atoms with Gasteiger partial charge in [0.1, 0.15) is 0 Å². The summed E-state index contributed by atoms with van der Waals surface area (Å²) in [5, 5.41) is 11.2. The van der Waals surface area contributed by atoms with Gasteiger partial charge in [0.2, 0.25) is 0 Å². The van der Waals surface area contributed by atoms with Gasteiger partial charge in [-0.2, -0.15) is 19.0 Å². The molecule has 2 heterocycles. The third-order valence-corrected chi connectivity index (χ3v) is 2.82. The van der Waals surface area contributed by atoms with E-state index < -0.39 is 6.55 Å². The summed E-state index contributed by atoms with van der Waals surface area (Å²) in [4.78, 5) is 0. The fourth-order valence-corrected chi connectivity index (χ4v) is 1.92. The van der Waals surface area contributed by atoms with E-state index in [1.54, 1.807) is 12.3 Å². The van der Waals surface area contributed by atoms with Crippen molar-refractivity contribution >= 4 is 12.4 Å². The molecule has 0 bridgehead atoms. The average molecular weight is 320 g/mol. The fraction of sp³-hybridized carbons (Fsp3) is 0.538. The standard InChI is InChI=1S/C13H19F2N5.ClH/c1-10(2)9-20-12(3-5-17-20)8-16-7-11-4-6-19(18-11)13(14)15;/h3-6,10,13,16H,7-9H2,1-2H3;1H. The number of nitrogens with zero attached hydrogens (tertiary/aromatic N) is 4. The van der Waals surface area contributed by atoms with Crippen LogP contribution < -0.4 is 5.32 Å². The zero-order chi connectivity index (χ0) is 14.5. The molecule has 0 aliphatic carbocycles. The zero-order valence-corrected chi connectivity index (χ0v) is 12.9. The first kappa shape index (κ1) is 17.6. The van der Waals surface area contributed by atoms with E-state index in [1.807, 2.05) is 10.7 Å². The molecule has 0 spiro atoms. The van der Waals surface area contributed by atoms with E-state index in [-0.39, 0.29) is 12.4 Å². The van der Waals surface area contributed by atoms with Crippen LogP contribution in [0.1, 0.15) is 31.8 Å². The number of rotatable bonds is 7. The molecule has 0 aliphatic rings. The summed E-state index contributed by atoms with van der Waals surface area (Å²) >= 11 is 0. The molecule has 2 rings (SSSR count). The Balaban J connectivity index is 0.00000220. The number of alkyl halides is 2. The van der Waals surface area contributed by atoms with E-state index in [0.717, 1.165) is 12.2 Å². The number of hydrogen-bond acceptors (Lipinski definition) is 3. The Kier molecular flexibility index (Phi) is 6.77. The Morgan fingerprint density at radius 2 is 2.00 bits per heavy atom. The van der Waals surface area contributed by atoms with E-state index >= 15 is 0 Å². The van der Waals surface area contributed by atoms with Gasteiger partial charge in [-0.15, -0.1) is 12.4 Å². The Morgan fingerprint density at radius 1 is 1.24 bits per heavy atom. The van der Waals surface area contributed by atoms with Gasteiger partial charge < -0.3 is 5.32 Å². The molecular formula is C13H20ClF2N5. The van der Waals surface area contributed by atoms with Gasteiger partial charge in [0, 0.05) is 32.0 Å². The van der Waals surface area contributed by atoms with Crippen LogP contribution in [-0.2, 0) is 19.6 Å². The third kappa shape index (κ3) is 5.09. The van der Waals surface area contributed by atoms with Crippen molar-refractivity contribution in [2.45, 2.75) is 40.0 Å². The smallest absolute Gasteiger partial charge is 0.305 e. The Hall–Kier alpha value is -1.47. The van der Waals surface area contributed by atoms with Gasteiger partial charge in [0.05, 0.1) is 11.4 Å². The summed E-state index contributed by atoms with van der Waals surface area (Å²) in [5.74, 6) is 0.524. The van der Waals surface area contributed by atoms with Crippen molar-refractivity contribution < 1.29 is 8.78 Å². The van der Waals surface area contributed by atoms with E-state index in [9.17, 15) is 8.78 Å². The van der Waals surface area contributed by atoms with Gasteiger partial charge in [0.25, 0.3) is 0 Å². The molecule has 0 aromatic carbocycles. The van der Waals surface area contributed by atoms with Crippen LogP contribution in [0.3, 0.4) is 0 Å². The van der Waals surface area contributed by atoms with Crippen molar-refractivity contribution in [1.82, 2.24) is 24.9 Å². The molecule has 0 fully saturated rings. The minimum Gasteiger partial charge on any atom is -0.305 e. The molecule has 0 atom stereocenters. The third-order valence-electron chi connectivity index (χ3n) is 2.82. The molecule has 21 heavy (non-hydrogen) atoms. The van der Waals surface area contributed by atoms with Gasteiger partial charge in [-0.05, 0) is 18.1 Å². The monoisotopic (exact) mass is 319 g/mol. The lowest BCUT2D eigenvalue weighted by Crippen LogP contribution is -2.18. The summed E-state index contributed by atoms with van der Waals surface area (Å²) in [5.41, 5.74) is 1.67. The molecule has 0 saturated carbocycles. The lowest BCUT2D eigenvalue weighted by atomic mass is 10.2. The number of aromatic nitrogens is 4. The van der Waals surface area contributed by atoms with Crippen LogP contribution >= 0.6 is 12.4 Å². The number of hydrogen-bond donors (Lipinski definition) is 1. The highest BCUT2D eigenvalue weighted by atomic mass is 35.5. The molecule has 0 aliphatic heterocycles. The maximum Gasteiger partial charge on any atom is 0.333 e. The molecule has 0 amide bonds. The van der Waals surface area contributed by atoms with E-state index in [0.29, 0.717) is 29.4 Å². The predicted molar refractivity (Wildman–Crippen MR) is 78.3 cm³/mol. The second kappa shape index (κ2) is 8.09. The van der Waals surface area contributed by atoms with E-state index in [2.05, 4.69) is 29.4 Å². The van der Waals surface area contributed by atoms with Crippen LogP contribution in [0.5, 0.6) is 0 Å². The highest BCUT2D eigenvalue weighted by Crippen LogP contribution is 2.09. The van der Waals surface area contributed by atoms with Crippen molar-refractivity contribution in [1.29, 1.82) is 0 Å². The highest BCUT2D eigenvalue weighted by molar-refractivity contribution is 5.85. The summed E-state index contributed by atoms with van der Waals surface area (Å²) in [6.45, 7) is 3.63. The van der Waals surface area contributed by atoms with Crippen molar-refractivity contribution in [2.75, 3.05) is 0 Å². The molecule has 0 radical (unpaired) electrons. The fourth-order valence-electron chi connectivity index (χ4n) is 1.92. The van der Waals surface area contributed by atoms with Crippen LogP contribution in [0.25, 0.3) is 0 Å². The van der Waals surface area contributed by atoms with Crippen LogP contribution in [0.4, 0.5) is 8.78 Å². The number of nitrogens with one attached hydrogen (secondary N) is 1.